The van der Waals surface area contributed by atoms with Crippen LogP contribution in [0.4, 0.5) is 0 Å². The van der Waals surface area contributed by atoms with Crippen LogP contribution in [0, 0.1) is 0 Å². The summed E-state index contributed by atoms with van der Waals surface area (Å²) in [4.78, 5) is 55.6. The van der Waals surface area contributed by atoms with Crippen molar-refractivity contribution in [3.8, 4) is 0 Å². The van der Waals surface area contributed by atoms with Crippen LogP contribution in [0.2, 0.25) is 0 Å². The van der Waals surface area contributed by atoms with Gasteiger partial charge >= 0.3 is 0 Å². The monoisotopic (exact) mass is 414 g/mol. The molecule has 0 atom stereocenters. The summed E-state index contributed by atoms with van der Waals surface area (Å²) in [7, 11) is 0. The van der Waals surface area contributed by atoms with E-state index in [9.17, 15) is 19.2 Å². The molecule has 0 radical (unpaired) electrons. The molecule has 30 heavy (non-hydrogen) atoms. The molecule has 1 aromatic rings. The highest BCUT2D eigenvalue weighted by Gasteiger charge is 2.29. The molecule has 4 amide bonds. The number of hydrogen-bond acceptors (Lipinski definition) is 5. The van der Waals surface area contributed by atoms with E-state index in [1.807, 2.05) is 18.7 Å². The lowest BCUT2D eigenvalue weighted by Crippen LogP contribution is -2.51. The lowest BCUT2D eigenvalue weighted by Gasteiger charge is -2.35. The van der Waals surface area contributed by atoms with Crippen LogP contribution in [0.3, 0.4) is 0 Å². The summed E-state index contributed by atoms with van der Waals surface area (Å²) in [5.74, 6) is -0.190. The van der Waals surface area contributed by atoms with E-state index in [-0.39, 0.29) is 43.0 Å². The molecular formula is C22H30N4O4. The van der Waals surface area contributed by atoms with Crippen LogP contribution < -0.4 is 0 Å². The van der Waals surface area contributed by atoms with Crippen LogP contribution in [0.5, 0.6) is 0 Å². The maximum Gasteiger partial charge on any atom is 0.253 e. The third kappa shape index (κ3) is 5.05. The zero-order valence-corrected chi connectivity index (χ0v) is 17.8. The summed E-state index contributed by atoms with van der Waals surface area (Å²) in [5.41, 5.74) is 1.42. The molecule has 0 saturated carbocycles. The first-order chi connectivity index (χ1) is 14.4. The van der Waals surface area contributed by atoms with E-state index in [2.05, 4.69) is 4.90 Å². The molecule has 0 N–H and O–H groups in total. The number of piperazine rings is 1. The van der Waals surface area contributed by atoms with Gasteiger partial charge in [0.05, 0.1) is 13.1 Å². The minimum absolute atomic E-state index is 0.0374. The largest absolute Gasteiger partial charge is 0.342 e. The molecule has 2 saturated heterocycles. The van der Waals surface area contributed by atoms with Gasteiger partial charge in [0.15, 0.2) is 0 Å². The Morgan fingerprint density at radius 3 is 2.00 bits per heavy atom. The van der Waals surface area contributed by atoms with E-state index in [4.69, 9.17) is 0 Å². The Morgan fingerprint density at radius 1 is 0.900 bits per heavy atom. The van der Waals surface area contributed by atoms with Crippen molar-refractivity contribution in [3.63, 3.8) is 0 Å². The molecule has 2 heterocycles. The highest BCUT2D eigenvalue weighted by Crippen LogP contribution is 2.17. The first kappa shape index (κ1) is 22.0. The summed E-state index contributed by atoms with van der Waals surface area (Å²) in [6.07, 6.45) is 0.559. The summed E-state index contributed by atoms with van der Waals surface area (Å²) in [6.45, 7) is 8.55. The smallest absolute Gasteiger partial charge is 0.253 e. The zero-order valence-electron chi connectivity index (χ0n) is 17.8. The van der Waals surface area contributed by atoms with Gasteiger partial charge in [-0.3, -0.25) is 29.0 Å². The minimum Gasteiger partial charge on any atom is -0.342 e. The molecule has 0 spiro atoms. The minimum atomic E-state index is -0.141. The van der Waals surface area contributed by atoms with Gasteiger partial charge in [-0.1, -0.05) is 12.1 Å². The molecule has 2 aliphatic rings. The topological polar surface area (TPSA) is 81.2 Å². The maximum absolute atomic E-state index is 12.8. The van der Waals surface area contributed by atoms with Crippen LogP contribution in [0.15, 0.2) is 24.3 Å². The number of likely N-dealkylation sites (N-methyl/N-ethyl adjacent to an activating group) is 1. The van der Waals surface area contributed by atoms with Gasteiger partial charge in [0.25, 0.3) is 5.91 Å². The van der Waals surface area contributed by atoms with Gasteiger partial charge in [-0.25, -0.2) is 0 Å². The van der Waals surface area contributed by atoms with Gasteiger partial charge in [-0.2, -0.15) is 0 Å². The van der Waals surface area contributed by atoms with Crippen molar-refractivity contribution < 1.29 is 19.2 Å². The van der Waals surface area contributed by atoms with E-state index in [1.54, 1.807) is 29.2 Å². The van der Waals surface area contributed by atoms with Crippen molar-refractivity contribution in [2.24, 2.45) is 0 Å². The number of imide groups is 1. The highest BCUT2D eigenvalue weighted by molar-refractivity contribution is 6.01. The normalized spacial score (nSPS) is 17.5. The number of carbonyl (C=O) groups excluding carboxylic acids is 4. The highest BCUT2D eigenvalue weighted by atomic mass is 16.2. The van der Waals surface area contributed by atoms with Crippen LogP contribution in [0.1, 0.15) is 42.6 Å². The summed E-state index contributed by atoms with van der Waals surface area (Å²) >= 11 is 0. The molecule has 0 bridgehead atoms. The molecule has 2 aliphatic heterocycles. The fourth-order valence-electron chi connectivity index (χ4n) is 3.89. The molecule has 8 heteroatoms. The number of benzene rings is 1. The molecule has 0 aromatic heterocycles. The maximum atomic E-state index is 12.8. The average molecular weight is 415 g/mol. The Balaban J connectivity index is 1.51. The van der Waals surface area contributed by atoms with Crippen molar-refractivity contribution in [1.29, 1.82) is 0 Å². The van der Waals surface area contributed by atoms with Gasteiger partial charge < -0.3 is 9.80 Å². The van der Waals surface area contributed by atoms with Gasteiger partial charge in [0.2, 0.25) is 17.7 Å². The SMILES string of the molecule is CCN(CC)C(=O)CN1CCN(C(=O)c2ccc(CN3C(=O)CCC3=O)cc2)CC1. The fourth-order valence-corrected chi connectivity index (χ4v) is 3.89. The molecule has 0 aliphatic carbocycles. The number of carbonyl (C=O) groups is 4. The molecule has 1 aromatic carbocycles. The van der Waals surface area contributed by atoms with Crippen LogP contribution in [-0.4, -0.2) is 89.0 Å². The zero-order chi connectivity index (χ0) is 21.7. The van der Waals surface area contributed by atoms with Crippen LogP contribution in [0.25, 0.3) is 0 Å². The lowest BCUT2D eigenvalue weighted by molar-refractivity contribution is -0.139. The standard InChI is InChI=1S/C22H30N4O4/c1-3-24(4-2)21(29)16-23-11-13-25(14-12-23)22(30)18-7-5-17(6-8-18)15-26-19(27)9-10-20(26)28/h5-8H,3-4,9-16H2,1-2H3. The van der Waals surface area contributed by atoms with Crippen molar-refractivity contribution >= 4 is 23.6 Å². The Morgan fingerprint density at radius 2 is 1.47 bits per heavy atom. The summed E-state index contributed by atoms with van der Waals surface area (Å²) < 4.78 is 0. The number of amides is 4. The Hall–Kier alpha value is -2.74. The van der Waals surface area contributed by atoms with Crippen LogP contribution >= 0.6 is 0 Å². The Bertz CT molecular complexity index is 780. The molecule has 8 nitrogen and oxygen atoms in total. The predicted molar refractivity (Wildman–Crippen MR) is 112 cm³/mol. The first-order valence-electron chi connectivity index (χ1n) is 10.6. The number of likely N-dealkylation sites (tertiary alicyclic amines) is 1. The third-order valence-electron chi connectivity index (χ3n) is 5.83. The third-order valence-corrected chi connectivity index (χ3v) is 5.83. The van der Waals surface area contributed by atoms with Crippen molar-refractivity contribution in [2.45, 2.75) is 33.2 Å². The quantitative estimate of drug-likeness (QED) is 0.621. The van der Waals surface area contributed by atoms with Gasteiger partial charge in [0, 0.05) is 57.7 Å². The molecule has 2 fully saturated rings. The van der Waals surface area contributed by atoms with Crippen molar-refractivity contribution in [2.75, 3.05) is 45.8 Å². The molecular weight excluding hydrogens is 384 g/mol. The molecule has 3 rings (SSSR count). The van der Waals surface area contributed by atoms with E-state index in [0.717, 1.165) is 5.56 Å². The number of hydrogen-bond donors (Lipinski definition) is 0. The molecule has 162 valence electrons. The Kier molecular flexibility index (Phi) is 7.20. The van der Waals surface area contributed by atoms with Crippen LogP contribution in [-0.2, 0) is 20.9 Å². The number of rotatable bonds is 7. The van der Waals surface area contributed by atoms with E-state index < -0.39 is 0 Å². The first-order valence-corrected chi connectivity index (χ1v) is 10.6. The van der Waals surface area contributed by atoms with Crippen molar-refractivity contribution in [3.05, 3.63) is 35.4 Å². The van der Waals surface area contributed by atoms with E-state index >= 15 is 0 Å². The van der Waals surface area contributed by atoms with Crippen molar-refractivity contribution in [1.82, 2.24) is 19.6 Å². The number of nitrogens with zero attached hydrogens (tertiary/aromatic N) is 4. The second-order valence-electron chi connectivity index (χ2n) is 7.70. The van der Waals surface area contributed by atoms with Gasteiger partial charge in [0.1, 0.15) is 0 Å². The van der Waals surface area contributed by atoms with Gasteiger partial charge in [-0.05, 0) is 31.5 Å². The average Bonchev–Trinajstić information content (AvgIpc) is 3.07. The molecule has 0 unspecified atom stereocenters. The fraction of sp³-hybridized carbons (Fsp3) is 0.545. The summed E-state index contributed by atoms with van der Waals surface area (Å²) in [5, 5.41) is 0. The summed E-state index contributed by atoms with van der Waals surface area (Å²) in [6, 6.07) is 7.09. The Labute approximate surface area is 177 Å². The second kappa shape index (κ2) is 9.84. The lowest BCUT2D eigenvalue weighted by atomic mass is 10.1. The van der Waals surface area contributed by atoms with E-state index in [1.165, 1.54) is 4.90 Å². The van der Waals surface area contributed by atoms with Gasteiger partial charge in [-0.15, -0.1) is 0 Å². The van der Waals surface area contributed by atoms with E-state index in [0.29, 0.717) is 51.4 Å². The second-order valence-corrected chi connectivity index (χ2v) is 7.70. The predicted octanol–water partition coefficient (Wildman–Crippen LogP) is 0.962.